The first-order valence-electron chi connectivity index (χ1n) is 10.5. The summed E-state index contributed by atoms with van der Waals surface area (Å²) >= 11 is 0. The number of hydrogen-bond acceptors (Lipinski definition) is 5. The van der Waals surface area contributed by atoms with Crippen LogP contribution in [-0.4, -0.2) is 48.1 Å². The van der Waals surface area contributed by atoms with E-state index in [0.29, 0.717) is 18.4 Å². The molecule has 3 aliphatic rings. The first kappa shape index (κ1) is 20.1. The van der Waals surface area contributed by atoms with Crippen molar-refractivity contribution in [2.24, 2.45) is 11.8 Å². The van der Waals surface area contributed by atoms with Crippen molar-refractivity contribution in [1.82, 2.24) is 10.9 Å². The van der Waals surface area contributed by atoms with Crippen molar-refractivity contribution < 1.29 is 24.2 Å². The molecule has 6 unspecified atom stereocenters. The Bertz CT molecular complexity index is 716. The fraction of sp³-hybridized carbons (Fsp3) is 0.619. The van der Waals surface area contributed by atoms with Crippen molar-refractivity contribution >= 4 is 17.7 Å². The largest absolute Gasteiger partial charge is 0.481 e. The number of nitrogens with one attached hydrogen (secondary N) is 3. The molecule has 4 N–H and O–H groups in total. The van der Waals surface area contributed by atoms with Gasteiger partial charge in [0.15, 0.2) is 0 Å². The number of carbonyl (C=O) groups excluding carboxylic acids is 1. The monoisotopic (exact) mass is 403 g/mol. The summed E-state index contributed by atoms with van der Waals surface area (Å²) in [5, 5.41) is 11.5. The smallest absolute Gasteiger partial charge is 0.333 e. The van der Waals surface area contributed by atoms with Crippen LogP contribution in [0.2, 0.25) is 0 Å². The van der Waals surface area contributed by atoms with Crippen molar-refractivity contribution in [2.45, 2.75) is 62.9 Å². The molecular formula is C21H29N3O5. The molecule has 0 saturated carbocycles. The van der Waals surface area contributed by atoms with Crippen LogP contribution in [0.4, 0.5) is 10.5 Å². The summed E-state index contributed by atoms with van der Waals surface area (Å²) in [6.07, 6.45) is 5.81. The van der Waals surface area contributed by atoms with Crippen molar-refractivity contribution in [3.63, 3.8) is 0 Å². The molecule has 3 aliphatic heterocycles. The average molecular weight is 403 g/mol. The molecule has 2 amide bonds. The Labute approximate surface area is 170 Å². The number of unbranched alkanes of at least 4 members (excludes halogenated alkanes) is 3. The Kier molecular flexibility index (Phi) is 6.32. The maximum atomic E-state index is 12.0. The molecule has 158 valence electrons. The third-order valence-corrected chi connectivity index (χ3v) is 6.17. The summed E-state index contributed by atoms with van der Waals surface area (Å²) in [7, 11) is 0. The van der Waals surface area contributed by atoms with Gasteiger partial charge in [-0.15, -0.1) is 0 Å². The maximum absolute atomic E-state index is 12.0. The molecule has 0 aromatic heterocycles. The van der Waals surface area contributed by atoms with Gasteiger partial charge in [0.1, 0.15) is 12.2 Å². The normalized spacial score (nSPS) is 31.3. The Morgan fingerprint density at radius 2 is 1.59 bits per heavy atom. The Balaban J connectivity index is 1.19. The number of carbonyl (C=O) groups is 2. The van der Waals surface area contributed by atoms with Crippen LogP contribution in [-0.2, 0) is 14.3 Å². The number of carboxylic acids is 1. The quantitative estimate of drug-likeness (QED) is 0.257. The number of anilines is 1. The SMILES string of the molecule is O=C(O)CCCCCCC1C(CNNC(=O)Nc2ccccc2)C2OC1C1OC21. The van der Waals surface area contributed by atoms with E-state index in [2.05, 4.69) is 16.2 Å². The van der Waals surface area contributed by atoms with Crippen LogP contribution in [0.3, 0.4) is 0 Å². The van der Waals surface area contributed by atoms with Gasteiger partial charge < -0.3 is 19.9 Å². The van der Waals surface area contributed by atoms with Gasteiger partial charge in [-0.05, 0) is 30.9 Å². The Morgan fingerprint density at radius 1 is 0.897 bits per heavy atom. The number of hydrogen-bond donors (Lipinski definition) is 4. The summed E-state index contributed by atoms with van der Waals surface area (Å²) < 4.78 is 11.9. The molecule has 6 atom stereocenters. The van der Waals surface area contributed by atoms with Crippen molar-refractivity contribution in [3.8, 4) is 0 Å². The molecule has 8 heteroatoms. The molecule has 0 aliphatic carbocycles. The van der Waals surface area contributed by atoms with Crippen LogP contribution < -0.4 is 16.2 Å². The third-order valence-electron chi connectivity index (χ3n) is 6.17. The minimum absolute atomic E-state index is 0.105. The number of urea groups is 1. The number of carboxylic acid groups (broad SMARTS) is 1. The standard InChI is InChI=1S/C21H29N3O5/c25-16(26)11-7-2-1-6-10-14-15(18-20-19(29-20)17(14)28-18)12-22-24-21(27)23-13-8-4-3-5-9-13/h3-5,8-9,14-15,17-20,22H,1-2,6-7,10-12H2,(H,25,26)(H2,23,24,27). The second-order valence-electron chi connectivity index (χ2n) is 8.13. The molecule has 29 heavy (non-hydrogen) atoms. The minimum atomic E-state index is -0.724. The van der Waals surface area contributed by atoms with Gasteiger partial charge in [0.2, 0.25) is 0 Å². The molecule has 3 saturated heterocycles. The predicted molar refractivity (Wildman–Crippen MR) is 106 cm³/mol. The number of ether oxygens (including phenoxy) is 2. The van der Waals surface area contributed by atoms with Gasteiger partial charge in [-0.1, -0.05) is 37.5 Å². The van der Waals surface area contributed by atoms with E-state index in [-0.39, 0.29) is 36.9 Å². The lowest BCUT2D eigenvalue weighted by Gasteiger charge is -2.26. The number of hydrazine groups is 1. The van der Waals surface area contributed by atoms with E-state index in [1.165, 1.54) is 0 Å². The van der Waals surface area contributed by atoms with Gasteiger partial charge in [0.05, 0.1) is 12.2 Å². The molecular weight excluding hydrogens is 374 g/mol. The van der Waals surface area contributed by atoms with E-state index < -0.39 is 5.97 Å². The second-order valence-corrected chi connectivity index (χ2v) is 8.13. The molecule has 1 aromatic carbocycles. The number of rotatable bonds is 11. The molecule has 2 bridgehead atoms. The van der Waals surface area contributed by atoms with Crippen LogP contribution >= 0.6 is 0 Å². The fourth-order valence-electron chi connectivity index (χ4n) is 4.77. The van der Waals surface area contributed by atoms with Crippen molar-refractivity contribution in [2.75, 3.05) is 11.9 Å². The van der Waals surface area contributed by atoms with Crippen molar-refractivity contribution in [3.05, 3.63) is 30.3 Å². The zero-order valence-corrected chi connectivity index (χ0v) is 16.4. The van der Waals surface area contributed by atoms with Crippen LogP contribution in [0.15, 0.2) is 30.3 Å². The van der Waals surface area contributed by atoms with Gasteiger partial charge in [-0.2, -0.15) is 0 Å². The van der Waals surface area contributed by atoms with E-state index in [1.54, 1.807) is 0 Å². The van der Waals surface area contributed by atoms with Crippen LogP contribution in [0.25, 0.3) is 0 Å². The lowest BCUT2D eigenvalue weighted by atomic mass is 9.76. The van der Waals surface area contributed by atoms with Gasteiger partial charge in [-0.3, -0.25) is 10.2 Å². The molecule has 0 spiro atoms. The maximum Gasteiger partial charge on any atom is 0.333 e. The molecule has 3 fully saturated rings. The highest BCUT2D eigenvalue weighted by molar-refractivity contribution is 5.88. The number of benzene rings is 1. The summed E-state index contributed by atoms with van der Waals surface area (Å²) in [5.41, 5.74) is 6.51. The summed E-state index contributed by atoms with van der Waals surface area (Å²) in [6, 6.07) is 9.01. The highest BCUT2D eigenvalue weighted by Gasteiger charge is 2.68. The molecule has 8 nitrogen and oxygen atoms in total. The van der Waals surface area contributed by atoms with Crippen molar-refractivity contribution in [1.29, 1.82) is 0 Å². The second kappa shape index (κ2) is 9.11. The highest BCUT2D eigenvalue weighted by atomic mass is 16.7. The zero-order valence-electron chi connectivity index (χ0n) is 16.4. The first-order chi connectivity index (χ1) is 14.1. The van der Waals surface area contributed by atoms with Gasteiger partial charge in [-0.25, -0.2) is 10.2 Å². The van der Waals surface area contributed by atoms with E-state index in [4.69, 9.17) is 14.6 Å². The highest BCUT2D eigenvalue weighted by Crippen LogP contribution is 2.54. The summed E-state index contributed by atoms with van der Waals surface area (Å²) in [6.45, 7) is 0.639. The van der Waals surface area contributed by atoms with E-state index in [1.807, 2.05) is 30.3 Å². The topological polar surface area (TPSA) is 112 Å². The lowest BCUT2D eigenvalue weighted by Crippen LogP contribution is -2.47. The Hall–Kier alpha value is -2.16. The van der Waals surface area contributed by atoms with E-state index >= 15 is 0 Å². The molecule has 4 rings (SSSR count). The minimum Gasteiger partial charge on any atom is -0.481 e. The lowest BCUT2D eigenvalue weighted by molar-refractivity contribution is -0.137. The van der Waals surface area contributed by atoms with Gasteiger partial charge >= 0.3 is 12.0 Å². The van der Waals surface area contributed by atoms with E-state index in [9.17, 15) is 9.59 Å². The summed E-state index contributed by atoms with van der Waals surface area (Å²) in [4.78, 5) is 22.6. The van der Waals surface area contributed by atoms with Gasteiger partial charge in [0.25, 0.3) is 0 Å². The number of para-hydroxylation sites is 1. The average Bonchev–Trinajstić information content (AvgIpc) is 3.33. The van der Waals surface area contributed by atoms with Crippen LogP contribution in [0.1, 0.15) is 38.5 Å². The first-order valence-corrected chi connectivity index (χ1v) is 10.5. The molecule has 0 radical (unpaired) electrons. The molecule has 1 aromatic rings. The number of amides is 2. The number of epoxide rings is 1. The number of aliphatic carboxylic acids is 1. The fourth-order valence-corrected chi connectivity index (χ4v) is 4.77. The number of fused-ring (bicyclic) bond motifs is 5. The van der Waals surface area contributed by atoms with Crippen LogP contribution in [0.5, 0.6) is 0 Å². The van der Waals surface area contributed by atoms with Crippen LogP contribution in [0, 0.1) is 11.8 Å². The predicted octanol–water partition coefficient (Wildman–Crippen LogP) is 2.52. The van der Waals surface area contributed by atoms with E-state index in [0.717, 1.165) is 37.8 Å². The van der Waals surface area contributed by atoms with Gasteiger partial charge in [0, 0.05) is 24.6 Å². The summed E-state index contributed by atoms with van der Waals surface area (Å²) in [5.74, 6) is -0.00660. The third kappa shape index (κ3) is 4.88. The molecule has 3 heterocycles. The zero-order chi connectivity index (χ0) is 20.2. The Morgan fingerprint density at radius 3 is 2.34 bits per heavy atom.